The summed E-state index contributed by atoms with van der Waals surface area (Å²) in [5.41, 5.74) is 0.981. The maximum atomic E-state index is 6.09. The number of nitrogens with zero attached hydrogens (tertiary/aromatic N) is 2. The van der Waals surface area contributed by atoms with Crippen molar-refractivity contribution >= 4 is 23.4 Å². The molecule has 2 aromatic rings. The zero-order valence-electron chi connectivity index (χ0n) is 11.2. The second kappa shape index (κ2) is 6.02. The number of hydrogen-bond donors (Lipinski definition) is 0. The summed E-state index contributed by atoms with van der Waals surface area (Å²) >= 11 is 7.86. The van der Waals surface area contributed by atoms with Crippen molar-refractivity contribution in [3.8, 4) is 5.75 Å². The molecule has 0 bridgehead atoms. The molecule has 5 heteroatoms. The number of hydrogen-bond acceptors (Lipinski definition) is 4. The van der Waals surface area contributed by atoms with Crippen LogP contribution in [0, 0.1) is 0 Å². The van der Waals surface area contributed by atoms with E-state index >= 15 is 0 Å². The third kappa shape index (κ3) is 2.91. The molecule has 1 aliphatic rings. The van der Waals surface area contributed by atoms with Crippen LogP contribution in [0.4, 0.5) is 0 Å². The molecule has 2 heterocycles. The van der Waals surface area contributed by atoms with Gasteiger partial charge in [-0.25, -0.2) is 9.97 Å². The van der Waals surface area contributed by atoms with Gasteiger partial charge >= 0.3 is 0 Å². The summed E-state index contributed by atoms with van der Waals surface area (Å²) in [5.74, 6) is 2.39. The minimum absolute atomic E-state index is 0.135. The van der Waals surface area contributed by atoms with Gasteiger partial charge in [-0.15, -0.1) is 11.8 Å². The smallest absolute Gasteiger partial charge is 0.171 e. The lowest BCUT2D eigenvalue weighted by atomic mass is 10.2. The van der Waals surface area contributed by atoms with E-state index in [1.54, 1.807) is 11.8 Å². The fourth-order valence-electron chi connectivity index (χ4n) is 2.16. The van der Waals surface area contributed by atoms with Crippen LogP contribution in [-0.4, -0.2) is 15.7 Å². The third-order valence-electron chi connectivity index (χ3n) is 3.07. The maximum absolute atomic E-state index is 6.09. The molecule has 1 atom stereocenters. The summed E-state index contributed by atoms with van der Waals surface area (Å²) in [6.45, 7) is 2.12. The second-order valence-corrected chi connectivity index (χ2v) is 6.10. The molecule has 3 rings (SSSR count). The Morgan fingerprint density at radius 2 is 2.20 bits per heavy atom. The minimum Gasteiger partial charge on any atom is -0.480 e. The number of fused-ring (bicyclic) bond motifs is 1. The standard InChI is InChI=1S/C15H15ClN2OS/c1-2-5-10-8-14(16)18-15(17-10)12-9-20-13-7-4-3-6-11(13)19-12/h3-4,6-8,12H,2,5,9H2,1H3. The molecule has 0 amide bonds. The lowest BCUT2D eigenvalue weighted by molar-refractivity contribution is 0.210. The quantitative estimate of drug-likeness (QED) is 0.792. The summed E-state index contributed by atoms with van der Waals surface area (Å²) in [5, 5.41) is 0.492. The van der Waals surface area contributed by atoms with E-state index in [0.29, 0.717) is 11.0 Å². The Bertz CT molecular complexity index is 621. The van der Waals surface area contributed by atoms with Crippen LogP contribution in [0.25, 0.3) is 0 Å². The fraction of sp³-hybridized carbons (Fsp3) is 0.333. The molecule has 0 saturated heterocycles. The van der Waals surface area contributed by atoms with Crippen LogP contribution < -0.4 is 4.74 Å². The molecule has 20 heavy (non-hydrogen) atoms. The van der Waals surface area contributed by atoms with Crippen molar-refractivity contribution < 1.29 is 4.74 Å². The molecule has 1 unspecified atom stereocenters. The molecule has 0 radical (unpaired) electrons. The Morgan fingerprint density at radius 3 is 3.05 bits per heavy atom. The molecule has 0 aliphatic carbocycles. The average molecular weight is 307 g/mol. The first kappa shape index (κ1) is 13.7. The normalized spacial score (nSPS) is 17.4. The van der Waals surface area contributed by atoms with E-state index in [-0.39, 0.29) is 6.10 Å². The van der Waals surface area contributed by atoms with Gasteiger partial charge in [0.2, 0.25) is 0 Å². The molecular weight excluding hydrogens is 292 g/mol. The zero-order valence-corrected chi connectivity index (χ0v) is 12.7. The van der Waals surface area contributed by atoms with E-state index in [1.807, 2.05) is 24.3 Å². The number of thioether (sulfide) groups is 1. The number of benzene rings is 1. The monoisotopic (exact) mass is 306 g/mol. The lowest BCUT2D eigenvalue weighted by Crippen LogP contribution is -2.18. The second-order valence-electron chi connectivity index (χ2n) is 4.65. The number of rotatable bonds is 3. The van der Waals surface area contributed by atoms with E-state index in [2.05, 4.69) is 23.0 Å². The van der Waals surface area contributed by atoms with Crippen molar-refractivity contribution in [3.05, 3.63) is 47.0 Å². The largest absolute Gasteiger partial charge is 0.480 e. The van der Waals surface area contributed by atoms with Crippen LogP contribution in [0.15, 0.2) is 35.2 Å². The van der Waals surface area contributed by atoms with Gasteiger partial charge in [0.1, 0.15) is 10.9 Å². The Hall–Kier alpha value is -1.26. The van der Waals surface area contributed by atoms with Crippen LogP contribution in [0.2, 0.25) is 5.15 Å². The van der Waals surface area contributed by atoms with Gasteiger partial charge in [-0.05, 0) is 24.6 Å². The molecule has 1 aromatic heterocycles. The highest BCUT2D eigenvalue weighted by atomic mass is 35.5. The predicted molar refractivity (Wildman–Crippen MR) is 81.6 cm³/mol. The SMILES string of the molecule is CCCc1cc(Cl)nc(C2CSc3ccccc3O2)n1. The van der Waals surface area contributed by atoms with Gasteiger partial charge in [-0.1, -0.05) is 37.1 Å². The van der Waals surface area contributed by atoms with Crippen LogP contribution in [0.1, 0.15) is 31.0 Å². The van der Waals surface area contributed by atoms with E-state index in [4.69, 9.17) is 16.3 Å². The van der Waals surface area contributed by atoms with Crippen molar-refractivity contribution in [2.45, 2.75) is 30.8 Å². The molecule has 1 aromatic carbocycles. The summed E-state index contributed by atoms with van der Waals surface area (Å²) < 4.78 is 6.00. The number of aromatic nitrogens is 2. The van der Waals surface area contributed by atoms with Gasteiger partial charge in [0.05, 0.1) is 0 Å². The number of halogens is 1. The third-order valence-corrected chi connectivity index (χ3v) is 4.38. The van der Waals surface area contributed by atoms with Gasteiger partial charge in [0.25, 0.3) is 0 Å². The van der Waals surface area contributed by atoms with Gasteiger partial charge in [-0.3, -0.25) is 0 Å². The molecule has 104 valence electrons. The van der Waals surface area contributed by atoms with Crippen molar-refractivity contribution in [3.63, 3.8) is 0 Å². The fourth-order valence-corrected chi connectivity index (χ4v) is 3.35. The highest BCUT2D eigenvalue weighted by Crippen LogP contribution is 2.39. The molecular formula is C15H15ClN2OS. The van der Waals surface area contributed by atoms with Crippen molar-refractivity contribution in [2.75, 3.05) is 5.75 Å². The van der Waals surface area contributed by atoms with Crippen LogP contribution in [0.3, 0.4) is 0 Å². The molecule has 0 N–H and O–H groups in total. The van der Waals surface area contributed by atoms with E-state index in [9.17, 15) is 0 Å². The van der Waals surface area contributed by atoms with E-state index in [1.165, 1.54) is 4.90 Å². The van der Waals surface area contributed by atoms with Crippen molar-refractivity contribution in [1.29, 1.82) is 0 Å². The maximum Gasteiger partial charge on any atom is 0.171 e. The predicted octanol–water partition coefficient (Wildman–Crippen LogP) is 4.31. The minimum atomic E-state index is -0.135. The Balaban J connectivity index is 1.87. The summed E-state index contributed by atoms with van der Waals surface area (Å²) in [4.78, 5) is 10.1. The van der Waals surface area contributed by atoms with Crippen LogP contribution >= 0.6 is 23.4 Å². The summed E-state index contributed by atoms with van der Waals surface area (Å²) in [6, 6.07) is 9.87. The highest BCUT2D eigenvalue weighted by molar-refractivity contribution is 7.99. The Morgan fingerprint density at radius 1 is 1.35 bits per heavy atom. The van der Waals surface area contributed by atoms with Crippen molar-refractivity contribution in [2.24, 2.45) is 0 Å². The summed E-state index contributed by atoms with van der Waals surface area (Å²) in [7, 11) is 0. The zero-order chi connectivity index (χ0) is 13.9. The topological polar surface area (TPSA) is 35.0 Å². The number of ether oxygens (including phenoxy) is 1. The lowest BCUT2D eigenvalue weighted by Gasteiger charge is -2.24. The molecule has 1 aliphatic heterocycles. The number of para-hydroxylation sites is 1. The van der Waals surface area contributed by atoms with Crippen LogP contribution in [-0.2, 0) is 6.42 Å². The van der Waals surface area contributed by atoms with E-state index < -0.39 is 0 Å². The van der Waals surface area contributed by atoms with E-state index in [0.717, 1.165) is 30.0 Å². The van der Waals surface area contributed by atoms with Crippen LogP contribution in [0.5, 0.6) is 5.75 Å². The van der Waals surface area contributed by atoms with Gasteiger partial charge in [0.15, 0.2) is 11.9 Å². The molecule has 0 spiro atoms. The number of aryl methyl sites for hydroxylation is 1. The Kier molecular flexibility index (Phi) is 4.13. The van der Waals surface area contributed by atoms with Gasteiger partial charge < -0.3 is 4.74 Å². The highest BCUT2D eigenvalue weighted by Gasteiger charge is 2.24. The van der Waals surface area contributed by atoms with Gasteiger partial charge in [-0.2, -0.15) is 0 Å². The molecule has 0 fully saturated rings. The first-order valence-corrected chi connectivity index (χ1v) is 8.04. The summed E-state index contributed by atoms with van der Waals surface area (Å²) in [6.07, 6.45) is 1.81. The van der Waals surface area contributed by atoms with Crippen molar-refractivity contribution in [1.82, 2.24) is 9.97 Å². The molecule has 0 saturated carbocycles. The first-order chi connectivity index (χ1) is 9.76. The average Bonchev–Trinajstić information content (AvgIpc) is 2.46. The van der Waals surface area contributed by atoms with Gasteiger partial charge in [0, 0.05) is 16.3 Å². The Labute approximate surface area is 127 Å². The molecule has 3 nitrogen and oxygen atoms in total. The first-order valence-electron chi connectivity index (χ1n) is 6.68.